The molecule has 0 radical (unpaired) electrons. The number of hydrogen-bond donors (Lipinski definition) is 2. The second-order valence-corrected chi connectivity index (χ2v) is 6.51. The van der Waals surface area contributed by atoms with Crippen molar-refractivity contribution in [3.05, 3.63) is 72.4 Å². The van der Waals surface area contributed by atoms with Gasteiger partial charge in [0.15, 0.2) is 11.5 Å². The smallest absolute Gasteiger partial charge is 0.336 e. The minimum Gasteiger partial charge on any atom is -0.478 e. The normalized spacial score (nSPS) is 12.0. The number of fused-ring (bicyclic) bond motifs is 2. The molecular formula is C22H15N3O5. The summed E-state index contributed by atoms with van der Waals surface area (Å²) in [5, 5.41) is 13.8. The number of benzene rings is 3. The van der Waals surface area contributed by atoms with Gasteiger partial charge < -0.3 is 24.6 Å². The van der Waals surface area contributed by atoms with Crippen LogP contribution in [0, 0.1) is 0 Å². The average Bonchev–Trinajstić information content (AvgIpc) is 3.21. The Kier molecular flexibility index (Phi) is 4.29. The maximum atomic E-state index is 11.4. The summed E-state index contributed by atoms with van der Waals surface area (Å²) in [6.07, 6.45) is 1.58. The first-order valence-electron chi connectivity index (χ1n) is 9.09. The molecule has 5 rings (SSSR count). The van der Waals surface area contributed by atoms with E-state index >= 15 is 0 Å². The van der Waals surface area contributed by atoms with E-state index in [-0.39, 0.29) is 12.4 Å². The molecular weight excluding hydrogens is 386 g/mol. The molecule has 1 aromatic heterocycles. The van der Waals surface area contributed by atoms with Crippen LogP contribution in [0.15, 0.2) is 66.9 Å². The summed E-state index contributed by atoms with van der Waals surface area (Å²) in [5.41, 5.74) is 1.000. The Morgan fingerprint density at radius 2 is 1.93 bits per heavy atom. The first-order valence-corrected chi connectivity index (χ1v) is 9.09. The third kappa shape index (κ3) is 3.42. The fraction of sp³-hybridized carbons (Fsp3) is 0.0455. The Morgan fingerprint density at radius 3 is 2.83 bits per heavy atom. The van der Waals surface area contributed by atoms with Gasteiger partial charge in [0, 0.05) is 24.0 Å². The van der Waals surface area contributed by atoms with Gasteiger partial charge in [0.25, 0.3) is 0 Å². The quantitative estimate of drug-likeness (QED) is 0.500. The minimum atomic E-state index is -0.968. The highest BCUT2D eigenvalue weighted by Crippen LogP contribution is 2.35. The molecule has 0 spiro atoms. The Labute approximate surface area is 170 Å². The van der Waals surface area contributed by atoms with Crippen LogP contribution in [0.25, 0.3) is 10.8 Å². The molecule has 8 heteroatoms. The number of hydrogen-bond acceptors (Lipinski definition) is 7. The van der Waals surface area contributed by atoms with Gasteiger partial charge in [0.1, 0.15) is 5.75 Å². The number of aromatic carboxylic acids is 1. The molecule has 8 nitrogen and oxygen atoms in total. The topological polar surface area (TPSA) is 103 Å². The summed E-state index contributed by atoms with van der Waals surface area (Å²) in [6, 6.07) is 17.4. The van der Waals surface area contributed by atoms with Crippen molar-refractivity contribution >= 4 is 28.4 Å². The summed E-state index contributed by atoms with van der Waals surface area (Å²) in [4.78, 5) is 20.0. The van der Waals surface area contributed by atoms with E-state index in [0.29, 0.717) is 34.5 Å². The standard InChI is InChI=1S/C22H15N3O5/c26-21(27)17-3-1-2-13-10-15(5-6-16(13)17)30-20-8-9-23-22(25-20)24-14-4-7-18-19(11-14)29-12-28-18/h1-11H,12H2,(H,26,27)(H,23,24,25). The van der Waals surface area contributed by atoms with Gasteiger partial charge in [0.2, 0.25) is 18.6 Å². The van der Waals surface area contributed by atoms with Gasteiger partial charge in [-0.2, -0.15) is 4.98 Å². The van der Waals surface area contributed by atoms with E-state index < -0.39 is 5.97 Å². The van der Waals surface area contributed by atoms with Crippen molar-refractivity contribution < 1.29 is 24.1 Å². The molecule has 0 atom stereocenters. The molecule has 1 aliphatic heterocycles. The zero-order chi connectivity index (χ0) is 20.5. The first kappa shape index (κ1) is 17.7. The maximum Gasteiger partial charge on any atom is 0.336 e. The van der Waals surface area contributed by atoms with Crippen LogP contribution in [0.3, 0.4) is 0 Å². The van der Waals surface area contributed by atoms with E-state index in [1.165, 1.54) is 0 Å². The van der Waals surface area contributed by atoms with Gasteiger partial charge in [-0.1, -0.05) is 12.1 Å². The van der Waals surface area contributed by atoms with E-state index in [9.17, 15) is 9.90 Å². The van der Waals surface area contributed by atoms with Gasteiger partial charge in [-0.05, 0) is 47.2 Å². The fourth-order valence-electron chi connectivity index (χ4n) is 3.20. The Morgan fingerprint density at radius 1 is 1.03 bits per heavy atom. The van der Waals surface area contributed by atoms with Crippen LogP contribution in [-0.4, -0.2) is 27.8 Å². The highest BCUT2D eigenvalue weighted by molar-refractivity contribution is 6.03. The van der Waals surface area contributed by atoms with Crippen LogP contribution in [0.1, 0.15) is 10.4 Å². The van der Waals surface area contributed by atoms with Crippen LogP contribution in [-0.2, 0) is 0 Å². The Bertz CT molecular complexity index is 1270. The number of nitrogens with one attached hydrogen (secondary N) is 1. The number of ether oxygens (including phenoxy) is 3. The van der Waals surface area contributed by atoms with E-state index in [4.69, 9.17) is 14.2 Å². The van der Waals surface area contributed by atoms with Gasteiger partial charge in [0.05, 0.1) is 5.56 Å². The summed E-state index contributed by atoms with van der Waals surface area (Å²) in [6.45, 7) is 0.207. The number of anilines is 2. The highest BCUT2D eigenvalue weighted by Gasteiger charge is 2.14. The number of aromatic nitrogens is 2. The predicted molar refractivity (Wildman–Crippen MR) is 109 cm³/mol. The first-order chi connectivity index (χ1) is 14.7. The van der Waals surface area contributed by atoms with E-state index in [1.54, 1.807) is 42.6 Å². The Hall–Kier alpha value is -4.33. The van der Waals surface area contributed by atoms with Crippen LogP contribution in [0.2, 0.25) is 0 Å². The number of carboxylic acid groups (broad SMARTS) is 1. The molecule has 0 amide bonds. The SMILES string of the molecule is O=C(O)c1cccc2cc(Oc3ccnc(Nc4ccc5c(c4)OCO5)n3)ccc12. The molecule has 2 heterocycles. The number of rotatable bonds is 5. The van der Waals surface area contributed by atoms with Crippen molar-refractivity contribution in [1.29, 1.82) is 0 Å². The monoisotopic (exact) mass is 401 g/mol. The molecule has 148 valence electrons. The van der Waals surface area contributed by atoms with Gasteiger partial charge >= 0.3 is 5.97 Å². The average molecular weight is 401 g/mol. The fourth-order valence-corrected chi connectivity index (χ4v) is 3.20. The second kappa shape index (κ2) is 7.25. The lowest BCUT2D eigenvalue weighted by atomic mass is 10.0. The van der Waals surface area contributed by atoms with Crippen molar-refractivity contribution in [3.8, 4) is 23.1 Å². The lowest BCUT2D eigenvalue weighted by Gasteiger charge is -2.09. The second-order valence-electron chi connectivity index (χ2n) is 6.51. The zero-order valence-corrected chi connectivity index (χ0v) is 15.5. The van der Waals surface area contributed by atoms with Crippen molar-refractivity contribution in [2.75, 3.05) is 12.1 Å². The van der Waals surface area contributed by atoms with E-state index in [2.05, 4.69) is 15.3 Å². The number of carbonyl (C=O) groups is 1. The van der Waals surface area contributed by atoms with Crippen LogP contribution >= 0.6 is 0 Å². The van der Waals surface area contributed by atoms with Crippen LogP contribution in [0.5, 0.6) is 23.1 Å². The lowest BCUT2D eigenvalue weighted by molar-refractivity contribution is 0.0699. The third-order valence-corrected chi connectivity index (χ3v) is 4.56. The zero-order valence-electron chi connectivity index (χ0n) is 15.5. The molecule has 0 saturated carbocycles. The molecule has 0 bridgehead atoms. The van der Waals surface area contributed by atoms with Crippen molar-refractivity contribution in [3.63, 3.8) is 0 Å². The Balaban J connectivity index is 1.37. The van der Waals surface area contributed by atoms with Gasteiger partial charge in [-0.3, -0.25) is 0 Å². The van der Waals surface area contributed by atoms with Crippen molar-refractivity contribution in [2.24, 2.45) is 0 Å². The molecule has 4 aromatic rings. The molecule has 0 aliphatic carbocycles. The summed E-state index contributed by atoms with van der Waals surface area (Å²) < 4.78 is 16.5. The molecule has 1 aliphatic rings. The molecule has 2 N–H and O–H groups in total. The summed E-state index contributed by atoms with van der Waals surface area (Å²) in [5.74, 6) is 1.63. The predicted octanol–water partition coefficient (Wildman–Crippen LogP) is 4.59. The van der Waals surface area contributed by atoms with Crippen molar-refractivity contribution in [2.45, 2.75) is 0 Å². The minimum absolute atomic E-state index is 0.207. The molecule has 30 heavy (non-hydrogen) atoms. The lowest BCUT2D eigenvalue weighted by Crippen LogP contribution is -1.99. The molecule has 0 saturated heterocycles. The highest BCUT2D eigenvalue weighted by atomic mass is 16.7. The van der Waals surface area contributed by atoms with E-state index in [1.807, 2.05) is 24.3 Å². The van der Waals surface area contributed by atoms with Crippen molar-refractivity contribution in [1.82, 2.24) is 9.97 Å². The van der Waals surface area contributed by atoms with Crippen LogP contribution < -0.4 is 19.5 Å². The molecule has 3 aromatic carbocycles. The number of carboxylic acids is 1. The number of nitrogens with zero attached hydrogens (tertiary/aromatic N) is 2. The van der Waals surface area contributed by atoms with E-state index in [0.717, 1.165) is 11.1 Å². The largest absolute Gasteiger partial charge is 0.478 e. The van der Waals surface area contributed by atoms with Gasteiger partial charge in [-0.25, -0.2) is 9.78 Å². The summed E-state index contributed by atoms with van der Waals surface area (Å²) >= 11 is 0. The summed E-state index contributed by atoms with van der Waals surface area (Å²) in [7, 11) is 0. The maximum absolute atomic E-state index is 11.4. The molecule has 0 unspecified atom stereocenters. The van der Waals surface area contributed by atoms with Crippen LogP contribution in [0.4, 0.5) is 11.6 Å². The van der Waals surface area contributed by atoms with Gasteiger partial charge in [-0.15, -0.1) is 0 Å². The third-order valence-electron chi connectivity index (χ3n) is 4.56. The molecule has 0 fully saturated rings.